The van der Waals surface area contributed by atoms with E-state index in [9.17, 15) is 19.2 Å². The Morgan fingerprint density at radius 2 is 1.90 bits per heavy atom. The van der Waals surface area contributed by atoms with Crippen LogP contribution in [0.1, 0.15) is 18.4 Å². The number of para-hydroxylation sites is 1. The Morgan fingerprint density at radius 1 is 1.06 bits per heavy atom. The highest BCUT2D eigenvalue weighted by atomic mass is 32.2. The quantitative estimate of drug-likeness (QED) is 0.676. The van der Waals surface area contributed by atoms with E-state index in [2.05, 4.69) is 10.6 Å². The van der Waals surface area contributed by atoms with Crippen LogP contribution >= 0.6 is 11.8 Å². The lowest BCUT2D eigenvalue weighted by atomic mass is 10.1. The van der Waals surface area contributed by atoms with E-state index in [0.717, 1.165) is 26.8 Å². The van der Waals surface area contributed by atoms with Crippen molar-refractivity contribution in [2.75, 3.05) is 29.1 Å². The lowest BCUT2D eigenvalue weighted by Crippen LogP contribution is -2.35. The number of rotatable bonds is 6. The Balaban J connectivity index is 1.32. The molecule has 0 saturated carbocycles. The number of amides is 5. The molecule has 2 aliphatic rings. The molecule has 0 aromatic heterocycles. The summed E-state index contributed by atoms with van der Waals surface area (Å²) < 4.78 is 0. The Bertz CT molecular complexity index is 1030. The molecule has 0 unspecified atom stereocenters. The number of imide groups is 1. The summed E-state index contributed by atoms with van der Waals surface area (Å²) >= 11 is 1.73. The van der Waals surface area contributed by atoms with Crippen LogP contribution in [0.2, 0.25) is 0 Å². The molecular weight excluding hydrogens is 416 g/mol. The van der Waals surface area contributed by atoms with Gasteiger partial charge in [0.25, 0.3) is 0 Å². The van der Waals surface area contributed by atoms with Crippen LogP contribution in [0.4, 0.5) is 16.2 Å². The van der Waals surface area contributed by atoms with Gasteiger partial charge in [-0.3, -0.25) is 19.3 Å². The summed E-state index contributed by atoms with van der Waals surface area (Å²) in [5.41, 5.74) is 2.18. The first kappa shape index (κ1) is 20.9. The molecule has 2 aromatic carbocycles. The number of nitrogens with one attached hydrogen (secondary N) is 2. The fourth-order valence-electron chi connectivity index (χ4n) is 3.55. The zero-order valence-electron chi connectivity index (χ0n) is 16.8. The van der Waals surface area contributed by atoms with Crippen molar-refractivity contribution in [1.29, 1.82) is 0 Å². The third-order valence-corrected chi connectivity index (χ3v) is 6.13. The molecule has 4 rings (SSSR count). The molecule has 9 heteroatoms. The predicted molar refractivity (Wildman–Crippen MR) is 118 cm³/mol. The molecule has 2 aromatic rings. The Morgan fingerprint density at radius 3 is 2.71 bits per heavy atom. The molecule has 2 N–H and O–H groups in total. The molecule has 8 nitrogen and oxygen atoms in total. The van der Waals surface area contributed by atoms with Crippen LogP contribution in [0.5, 0.6) is 0 Å². The number of carbonyl (C=O) groups is 4. The average Bonchev–Trinajstić information content (AvgIpc) is 3.09. The second-order valence-electron chi connectivity index (χ2n) is 7.25. The fourth-order valence-corrected chi connectivity index (χ4v) is 4.55. The van der Waals surface area contributed by atoms with Crippen LogP contribution in [0.15, 0.2) is 53.4 Å². The maximum absolute atomic E-state index is 12.7. The van der Waals surface area contributed by atoms with Crippen LogP contribution in [-0.4, -0.2) is 47.5 Å². The highest BCUT2D eigenvalue weighted by Gasteiger charge is 2.28. The third-order valence-electron chi connectivity index (χ3n) is 5.08. The summed E-state index contributed by atoms with van der Waals surface area (Å²) in [7, 11) is 0. The number of urea groups is 1. The van der Waals surface area contributed by atoms with Crippen molar-refractivity contribution in [3.05, 3.63) is 54.1 Å². The number of carbonyl (C=O) groups excluding carboxylic acids is 4. The lowest BCUT2D eigenvalue weighted by molar-refractivity contribution is -0.125. The molecule has 1 fully saturated rings. The molecule has 2 heterocycles. The van der Waals surface area contributed by atoms with E-state index in [0.29, 0.717) is 12.2 Å². The van der Waals surface area contributed by atoms with Crippen LogP contribution < -0.4 is 15.5 Å². The van der Waals surface area contributed by atoms with E-state index in [-0.39, 0.29) is 43.7 Å². The number of benzene rings is 2. The van der Waals surface area contributed by atoms with Gasteiger partial charge >= 0.3 is 6.03 Å². The molecule has 0 atom stereocenters. The van der Waals surface area contributed by atoms with Gasteiger partial charge in [0, 0.05) is 35.7 Å². The number of hydrogen-bond acceptors (Lipinski definition) is 5. The van der Waals surface area contributed by atoms with Gasteiger partial charge in [-0.25, -0.2) is 4.79 Å². The smallest absolute Gasteiger partial charge is 0.324 e. The van der Waals surface area contributed by atoms with Crippen LogP contribution in [0.25, 0.3) is 0 Å². The molecule has 0 spiro atoms. The van der Waals surface area contributed by atoms with Crippen molar-refractivity contribution in [3.8, 4) is 0 Å². The maximum Gasteiger partial charge on any atom is 0.324 e. The second-order valence-corrected chi connectivity index (χ2v) is 8.39. The normalized spacial score (nSPS) is 15.5. The molecular formula is C22H22N4O4S. The van der Waals surface area contributed by atoms with E-state index in [4.69, 9.17) is 0 Å². The number of fused-ring (bicyclic) bond motifs is 1. The molecule has 5 amide bonds. The first-order valence-electron chi connectivity index (χ1n) is 10.0. The zero-order valence-corrected chi connectivity index (χ0v) is 17.6. The van der Waals surface area contributed by atoms with E-state index in [1.807, 2.05) is 24.3 Å². The fraction of sp³-hybridized carbons (Fsp3) is 0.273. The summed E-state index contributed by atoms with van der Waals surface area (Å²) in [6.45, 7) is 0.773. The van der Waals surface area contributed by atoms with Crippen LogP contribution in [0, 0.1) is 0 Å². The van der Waals surface area contributed by atoms with Gasteiger partial charge in [-0.1, -0.05) is 24.3 Å². The Labute approximate surface area is 184 Å². The van der Waals surface area contributed by atoms with Crippen molar-refractivity contribution in [2.24, 2.45) is 0 Å². The average molecular weight is 439 g/mol. The van der Waals surface area contributed by atoms with Crippen LogP contribution in [-0.2, 0) is 20.9 Å². The standard InChI is InChI=1S/C22H22N4O4S/c27-19(8-9-20(28)25-10-11-31-18-7-2-1-6-17(18)25)24-16-5-3-4-15(12-16)14-26-21(29)13-23-22(26)30/h1-7,12H,8-11,13-14H2,(H,23,30)(H,24,27). The monoisotopic (exact) mass is 438 g/mol. The molecule has 1 saturated heterocycles. The number of nitrogens with zero attached hydrogens (tertiary/aromatic N) is 2. The van der Waals surface area contributed by atoms with Gasteiger partial charge in [-0.05, 0) is 29.8 Å². The largest absolute Gasteiger partial charge is 0.329 e. The minimum absolute atomic E-state index is 0.00344. The van der Waals surface area contributed by atoms with Crippen molar-refractivity contribution in [3.63, 3.8) is 0 Å². The van der Waals surface area contributed by atoms with E-state index in [1.54, 1.807) is 40.9 Å². The third kappa shape index (κ3) is 4.88. The van der Waals surface area contributed by atoms with E-state index < -0.39 is 6.03 Å². The van der Waals surface area contributed by atoms with Gasteiger partial charge in [0.2, 0.25) is 17.7 Å². The summed E-state index contributed by atoms with van der Waals surface area (Å²) in [6, 6.07) is 14.3. The molecule has 0 aliphatic carbocycles. The van der Waals surface area contributed by atoms with Crippen molar-refractivity contribution in [1.82, 2.24) is 10.2 Å². The molecule has 31 heavy (non-hydrogen) atoms. The SMILES string of the molecule is O=C(CCC(=O)N1CCSc2ccccc21)Nc1cccc(CN2C(=O)CNC2=O)c1. The van der Waals surface area contributed by atoms with Crippen molar-refractivity contribution in [2.45, 2.75) is 24.3 Å². The van der Waals surface area contributed by atoms with Crippen molar-refractivity contribution < 1.29 is 19.2 Å². The van der Waals surface area contributed by atoms with Gasteiger partial charge in [-0.15, -0.1) is 11.8 Å². The minimum Gasteiger partial charge on any atom is -0.329 e. The van der Waals surface area contributed by atoms with E-state index >= 15 is 0 Å². The second kappa shape index (κ2) is 9.22. The first-order chi connectivity index (χ1) is 15.0. The zero-order chi connectivity index (χ0) is 21.8. The highest BCUT2D eigenvalue weighted by Crippen LogP contribution is 2.34. The maximum atomic E-state index is 12.7. The number of hydrogen-bond donors (Lipinski definition) is 2. The summed E-state index contributed by atoms with van der Waals surface area (Å²) in [6.07, 6.45) is 0.189. The van der Waals surface area contributed by atoms with Crippen LogP contribution in [0.3, 0.4) is 0 Å². The number of anilines is 2. The van der Waals surface area contributed by atoms with Gasteiger partial charge in [0.15, 0.2) is 0 Å². The highest BCUT2D eigenvalue weighted by molar-refractivity contribution is 7.99. The molecule has 2 aliphatic heterocycles. The first-order valence-corrected chi connectivity index (χ1v) is 11.0. The molecule has 0 radical (unpaired) electrons. The van der Waals surface area contributed by atoms with Gasteiger partial charge in [0.05, 0.1) is 18.8 Å². The Kier molecular flexibility index (Phi) is 6.22. The molecule has 160 valence electrons. The van der Waals surface area contributed by atoms with E-state index in [1.165, 1.54) is 0 Å². The lowest BCUT2D eigenvalue weighted by Gasteiger charge is -2.29. The van der Waals surface area contributed by atoms with Gasteiger partial charge in [-0.2, -0.15) is 0 Å². The van der Waals surface area contributed by atoms with Gasteiger partial charge in [0.1, 0.15) is 0 Å². The van der Waals surface area contributed by atoms with Crippen molar-refractivity contribution >= 4 is 46.9 Å². The summed E-state index contributed by atoms with van der Waals surface area (Å²) in [5.74, 6) is 0.213. The predicted octanol–water partition coefficient (Wildman–Crippen LogP) is 2.60. The minimum atomic E-state index is -0.421. The topological polar surface area (TPSA) is 98.8 Å². The number of thioether (sulfide) groups is 1. The molecule has 0 bridgehead atoms. The summed E-state index contributed by atoms with van der Waals surface area (Å²) in [5, 5.41) is 5.27. The Hall–Kier alpha value is -3.33. The summed E-state index contributed by atoms with van der Waals surface area (Å²) in [4.78, 5) is 52.5. The van der Waals surface area contributed by atoms with Gasteiger partial charge < -0.3 is 15.5 Å².